The Morgan fingerprint density at radius 2 is 2.00 bits per heavy atom. The van der Waals surface area contributed by atoms with Crippen molar-refractivity contribution in [2.75, 3.05) is 0 Å². The van der Waals surface area contributed by atoms with Crippen LogP contribution in [0.15, 0.2) is 41.5 Å². The first kappa shape index (κ1) is 16.9. The molecule has 1 N–H and O–H groups in total. The summed E-state index contributed by atoms with van der Waals surface area (Å²) in [4.78, 5) is 16.8. The van der Waals surface area contributed by atoms with Gasteiger partial charge in [-0.25, -0.2) is 10.4 Å². The van der Waals surface area contributed by atoms with E-state index in [2.05, 4.69) is 33.1 Å². The molecule has 1 aromatic heterocycles. The lowest BCUT2D eigenvalue weighted by Gasteiger charge is -2.03. The number of fused-ring (bicyclic) bond motifs is 1. The van der Waals surface area contributed by atoms with Crippen LogP contribution < -0.4 is 5.43 Å². The van der Waals surface area contributed by atoms with Crippen molar-refractivity contribution in [3.63, 3.8) is 0 Å². The van der Waals surface area contributed by atoms with E-state index < -0.39 is 0 Å². The maximum Gasteiger partial charge on any atom is 0.271 e. The van der Waals surface area contributed by atoms with E-state index in [0.29, 0.717) is 5.56 Å². The number of aryl methyl sites for hydroxylation is 4. The summed E-state index contributed by atoms with van der Waals surface area (Å²) in [5.41, 5.74) is 8.31. The van der Waals surface area contributed by atoms with Crippen molar-refractivity contribution >= 4 is 23.2 Å². The maximum absolute atomic E-state index is 12.3. The van der Waals surface area contributed by atoms with E-state index >= 15 is 0 Å². The van der Waals surface area contributed by atoms with E-state index in [0.717, 1.165) is 34.5 Å². The largest absolute Gasteiger partial charge is 0.329 e. The Morgan fingerprint density at radius 1 is 1.20 bits per heavy atom. The highest BCUT2D eigenvalue weighted by atomic mass is 16.2. The fourth-order valence-electron chi connectivity index (χ4n) is 2.99. The van der Waals surface area contributed by atoms with Gasteiger partial charge in [0.05, 0.1) is 17.2 Å². The number of hydrogen-bond acceptors (Lipinski definition) is 3. The molecule has 1 amide bonds. The third kappa shape index (κ3) is 3.45. The van der Waals surface area contributed by atoms with Crippen LogP contribution in [0.4, 0.5) is 0 Å². The predicted octanol–water partition coefficient (Wildman–Crippen LogP) is 3.75. The second kappa shape index (κ2) is 6.89. The van der Waals surface area contributed by atoms with Crippen LogP contribution in [0.25, 0.3) is 11.0 Å². The first-order valence-electron chi connectivity index (χ1n) is 8.37. The molecule has 0 aliphatic rings. The fourth-order valence-corrected chi connectivity index (χ4v) is 2.99. The van der Waals surface area contributed by atoms with E-state index in [9.17, 15) is 4.79 Å². The normalized spacial score (nSPS) is 11.4. The van der Waals surface area contributed by atoms with Gasteiger partial charge in [0.1, 0.15) is 5.82 Å². The molecule has 0 spiro atoms. The molecule has 5 nitrogen and oxygen atoms in total. The van der Waals surface area contributed by atoms with Gasteiger partial charge >= 0.3 is 0 Å². The number of carbonyl (C=O) groups is 1. The van der Waals surface area contributed by atoms with Gasteiger partial charge in [-0.2, -0.15) is 5.10 Å². The minimum atomic E-state index is -0.244. The van der Waals surface area contributed by atoms with E-state index in [1.165, 1.54) is 5.56 Å². The highest BCUT2D eigenvalue weighted by Gasteiger charge is 2.10. The summed E-state index contributed by atoms with van der Waals surface area (Å²) in [7, 11) is 0. The minimum absolute atomic E-state index is 0.244. The van der Waals surface area contributed by atoms with Gasteiger partial charge in [0.15, 0.2) is 0 Å². The average molecular weight is 334 g/mol. The number of imidazole rings is 1. The van der Waals surface area contributed by atoms with Crippen molar-refractivity contribution < 1.29 is 4.79 Å². The van der Waals surface area contributed by atoms with Crippen molar-refractivity contribution in [2.24, 2.45) is 5.10 Å². The van der Waals surface area contributed by atoms with Crippen LogP contribution in [0.5, 0.6) is 0 Å². The van der Waals surface area contributed by atoms with Gasteiger partial charge in [0.2, 0.25) is 0 Å². The van der Waals surface area contributed by atoms with Gasteiger partial charge in [-0.05, 0) is 57.0 Å². The van der Waals surface area contributed by atoms with Crippen LogP contribution >= 0.6 is 0 Å². The van der Waals surface area contributed by atoms with Gasteiger partial charge in [0, 0.05) is 12.1 Å². The van der Waals surface area contributed by atoms with Gasteiger partial charge < -0.3 is 4.57 Å². The number of carbonyl (C=O) groups excluding carboxylic acids is 1. The lowest BCUT2D eigenvalue weighted by atomic mass is 10.1. The van der Waals surface area contributed by atoms with Crippen LogP contribution in [0.2, 0.25) is 0 Å². The molecule has 3 rings (SSSR count). The van der Waals surface area contributed by atoms with Crippen LogP contribution in [0.1, 0.15) is 39.8 Å². The monoisotopic (exact) mass is 334 g/mol. The molecule has 25 heavy (non-hydrogen) atoms. The topological polar surface area (TPSA) is 59.3 Å². The average Bonchev–Trinajstić information content (AvgIpc) is 2.90. The molecule has 5 heteroatoms. The zero-order chi connectivity index (χ0) is 18.0. The van der Waals surface area contributed by atoms with Gasteiger partial charge in [-0.3, -0.25) is 4.79 Å². The second-order valence-electron chi connectivity index (χ2n) is 6.17. The summed E-state index contributed by atoms with van der Waals surface area (Å²) in [6, 6.07) is 11.6. The molecule has 0 saturated heterocycles. The Labute approximate surface area is 147 Å². The number of hydrazone groups is 1. The third-order valence-electron chi connectivity index (χ3n) is 4.31. The van der Waals surface area contributed by atoms with Crippen LogP contribution in [0, 0.1) is 20.8 Å². The summed E-state index contributed by atoms with van der Waals surface area (Å²) in [5.74, 6) is 0.703. The third-order valence-corrected chi connectivity index (χ3v) is 4.31. The first-order chi connectivity index (χ1) is 12.0. The molecule has 0 saturated carbocycles. The Hall–Kier alpha value is -2.95. The van der Waals surface area contributed by atoms with E-state index in [1.807, 2.05) is 39.0 Å². The molecule has 0 atom stereocenters. The number of nitrogens with zero attached hydrogens (tertiary/aromatic N) is 3. The zero-order valence-electron chi connectivity index (χ0n) is 15.0. The lowest BCUT2D eigenvalue weighted by molar-refractivity contribution is 0.0955. The Bertz CT molecular complexity index is 969. The quantitative estimate of drug-likeness (QED) is 0.583. The first-order valence-corrected chi connectivity index (χ1v) is 8.37. The Kier molecular flexibility index (Phi) is 4.65. The number of aromatic nitrogens is 2. The highest BCUT2D eigenvalue weighted by Crippen LogP contribution is 2.17. The van der Waals surface area contributed by atoms with Crippen LogP contribution in [0.3, 0.4) is 0 Å². The molecule has 0 radical (unpaired) electrons. The number of rotatable bonds is 4. The molecule has 128 valence electrons. The van der Waals surface area contributed by atoms with Crippen molar-refractivity contribution in [1.82, 2.24) is 15.0 Å². The predicted molar refractivity (Wildman–Crippen MR) is 101 cm³/mol. The molecule has 0 aliphatic carbocycles. The minimum Gasteiger partial charge on any atom is -0.329 e. The summed E-state index contributed by atoms with van der Waals surface area (Å²) in [6.45, 7) is 8.98. The summed E-state index contributed by atoms with van der Waals surface area (Å²) in [5, 5.41) is 4.08. The van der Waals surface area contributed by atoms with Crippen molar-refractivity contribution in [3.05, 3.63) is 64.5 Å². The molecular formula is C20H22N4O. The molecule has 3 aromatic rings. The van der Waals surface area contributed by atoms with Crippen LogP contribution in [-0.2, 0) is 6.54 Å². The number of hydrogen-bond donors (Lipinski definition) is 1. The van der Waals surface area contributed by atoms with Crippen molar-refractivity contribution in [1.29, 1.82) is 0 Å². The zero-order valence-corrected chi connectivity index (χ0v) is 15.0. The van der Waals surface area contributed by atoms with Crippen LogP contribution in [-0.4, -0.2) is 21.7 Å². The van der Waals surface area contributed by atoms with E-state index in [-0.39, 0.29) is 5.91 Å². The van der Waals surface area contributed by atoms with E-state index in [1.54, 1.807) is 18.3 Å². The molecule has 2 aromatic carbocycles. The Morgan fingerprint density at radius 3 is 2.72 bits per heavy atom. The Balaban J connectivity index is 1.77. The summed E-state index contributed by atoms with van der Waals surface area (Å²) >= 11 is 0. The molecular weight excluding hydrogens is 312 g/mol. The van der Waals surface area contributed by atoms with Crippen molar-refractivity contribution in [3.8, 4) is 0 Å². The number of amides is 1. The van der Waals surface area contributed by atoms with Gasteiger partial charge in [-0.15, -0.1) is 0 Å². The molecule has 0 bridgehead atoms. The standard InChI is InChI=1S/C20H22N4O/c1-5-24-15(4)22-18-11-16(8-9-19(18)24)20(25)23-21-12-17-7-6-13(2)10-14(17)3/h6-12H,5H2,1-4H3,(H,23,25). The summed E-state index contributed by atoms with van der Waals surface area (Å²) in [6.07, 6.45) is 1.67. The number of nitrogens with one attached hydrogen (secondary N) is 1. The smallest absolute Gasteiger partial charge is 0.271 e. The molecule has 0 unspecified atom stereocenters. The maximum atomic E-state index is 12.3. The van der Waals surface area contributed by atoms with Crippen molar-refractivity contribution in [2.45, 2.75) is 34.2 Å². The SMILES string of the molecule is CCn1c(C)nc2cc(C(=O)NN=Cc3ccc(C)cc3C)ccc21. The lowest BCUT2D eigenvalue weighted by Crippen LogP contribution is -2.17. The summed E-state index contributed by atoms with van der Waals surface area (Å²) < 4.78 is 2.12. The molecule has 0 aliphatic heterocycles. The van der Waals surface area contributed by atoms with Gasteiger partial charge in [0.25, 0.3) is 5.91 Å². The number of benzene rings is 2. The van der Waals surface area contributed by atoms with Gasteiger partial charge in [-0.1, -0.05) is 23.8 Å². The fraction of sp³-hybridized carbons (Fsp3) is 0.250. The highest BCUT2D eigenvalue weighted by molar-refractivity contribution is 5.98. The second-order valence-corrected chi connectivity index (χ2v) is 6.17. The molecule has 1 heterocycles. The van der Waals surface area contributed by atoms with E-state index in [4.69, 9.17) is 0 Å². The molecule has 0 fully saturated rings.